The fourth-order valence-electron chi connectivity index (χ4n) is 3.69. The third-order valence-corrected chi connectivity index (χ3v) is 5.35. The maximum absolute atomic E-state index is 12.8. The molecule has 0 bridgehead atoms. The van der Waals surface area contributed by atoms with Gasteiger partial charge in [-0.2, -0.15) is 0 Å². The minimum absolute atomic E-state index is 0.132. The van der Waals surface area contributed by atoms with E-state index in [1.54, 1.807) is 18.3 Å². The SMILES string of the molecule is O=C1C(c2nccs2)=C(c2ccc(O)cc2)C2CCCC12. The Bertz CT molecular complexity index is 716. The Morgan fingerprint density at radius 2 is 1.90 bits per heavy atom. The number of fused-ring (bicyclic) bond motifs is 1. The number of nitrogens with zero attached hydrogens (tertiary/aromatic N) is 1. The Balaban J connectivity index is 1.92. The molecule has 0 radical (unpaired) electrons. The molecule has 106 valence electrons. The van der Waals surface area contributed by atoms with Crippen molar-refractivity contribution in [2.45, 2.75) is 19.3 Å². The number of Topliss-reactive ketones (excluding diaryl/α,β-unsaturated/α-hetero) is 1. The molecule has 4 rings (SSSR count). The number of thiazole rings is 1. The quantitative estimate of drug-likeness (QED) is 0.918. The third-order valence-electron chi connectivity index (χ3n) is 4.56. The van der Waals surface area contributed by atoms with E-state index < -0.39 is 0 Å². The van der Waals surface area contributed by atoms with E-state index in [1.165, 1.54) is 11.3 Å². The number of benzene rings is 1. The standard InChI is InChI=1S/C17H15NO2S/c19-11-6-4-10(5-7-11)14-12-2-1-3-13(12)16(20)15(14)17-18-8-9-21-17/h4-9,12-13,19H,1-3H2. The number of phenolic OH excluding ortho intramolecular Hbond substituents is 1. The number of carbonyl (C=O) groups is 1. The molecule has 2 aliphatic rings. The number of hydrogen-bond donors (Lipinski definition) is 1. The van der Waals surface area contributed by atoms with E-state index in [1.807, 2.05) is 17.5 Å². The second-order valence-corrected chi connectivity index (χ2v) is 6.58. The van der Waals surface area contributed by atoms with E-state index in [-0.39, 0.29) is 17.5 Å². The molecule has 21 heavy (non-hydrogen) atoms. The van der Waals surface area contributed by atoms with Crippen LogP contribution in [0, 0.1) is 11.8 Å². The van der Waals surface area contributed by atoms with Crippen LogP contribution >= 0.6 is 11.3 Å². The zero-order chi connectivity index (χ0) is 14.4. The second-order valence-electron chi connectivity index (χ2n) is 5.68. The van der Waals surface area contributed by atoms with Gasteiger partial charge in [-0.1, -0.05) is 18.6 Å². The van der Waals surface area contributed by atoms with Crippen molar-refractivity contribution in [3.05, 3.63) is 46.4 Å². The number of aromatic nitrogens is 1. The van der Waals surface area contributed by atoms with Gasteiger partial charge in [0.05, 0.1) is 5.57 Å². The van der Waals surface area contributed by atoms with Crippen LogP contribution in [-0.2, 0) is 4.79 Å². The number of ketones is 1. The van der Waals surface area contributed by atoms with Crippen molar-refractivity contribution < 1.29 is 9.90 Å². The molecule has 1 aromatic heterocycles. The molecular weight excluding hydrogens is 282 g/mol. The fraction of sp³-hybridized carbons (Fsp3) is 0.294. The summed E-state index contributed by atoms with van der Waals surface area (Å²) < 4.78 is 0. The number of allylic oxidation sites excluding steroid dienone is 2. The molecule has 2 atom stereocenters. The lowest BCUT2D eigenvalue weighted by Crippen LogP contribution is -2.11. The van der Waals surface area contributed by atoms with Crippen LogP contribution in [0.1, 0.15) is 29.8 Å². The van der Waals surface area contributed by atoms with Crippen LogP contribution in [0.2, 0.25) is 0 Å². The van der Waals surface area contributed by atoms with Gasteiger partial charge in [0.1, 0.15) is 10.8 Å². The third kappa shape index (κ3) is 1.94. The van der Waals surface area contributed by atoms with E-state index in [0.29, 0.717) is 5.92 Å². The van der Waals surface area contributed by atoms with Crippen LogP contribution in [0.4, 0.5) is 0 Å². The number of phenols is 1. The summed E-state index contributed by atoms with van der Waals surface area (Å²) in [5, 5.41) is 12.2. The van der Waals surface area contributed by atoms with Crippen LogP contribution in [0.15, 0.2) is 35.8 Å². The fourth-order valence-corrected chi connectivity index (χ4v) is 4.39. The minimum Gasteiger partial charge on any atom is -0.508 e. The summed E-state index contributed by atoms with van der Waals surface area (Å²) in [6.07, 6.45) is 4.93. The first-order chi connectivity index (χ1) is 10.3. The number of aromatic hydroxyl groups is 1. The Hall–Kier alpha value is -1.94. The molecule has 2 aliphatic carbocycles. The predicted octanol–water partition coefficient (Wildman–Crippen LogP) is 3.76. The highest BCUT2D eigenvalue weighted by Crippen LogP contribution is 2.52. The molecule has 4 heteroatoms. The first-order valence-electron chi connectivity index (χ1n) is 7.23. The van der Waals surface area contributed by atoms with Crippen molar-refractivity contribution in [2.75, 3.05) is 0 Å². The molecule has 2 aromatic rings. The van der Waals surface area contributed by atoms with Crippen LogP contribution in [0.3, 0.4) is 0 Å². The lowest BCUT2D eigenvalue weighted by Gasteiger charge is -2.13. The number of carbonyl (C=O) groups excluding carboxylic acids is 1. The lowest BCUT2D eigenvalue weighted by molar-refractivity contribution is -0.117. The largest absolute Gasteiger partial charge is 0.508 e. The van der Waals surface area contributed by atoms with Gasteiger partial charge in [-0.05, 0) is 42.0 Å². The molecule has 1 aromatic carbocycles. The summed E-state index contributed by atoms with van der Waals surface area (Å²) in [7, 11) is 0. The van der Waals surface area contributed by atoms with Crippen molar-refractivity contribution in [3.8, 4) is 5.75 Å². The smallest absolute Gasteiger partial charge is 0.169 e. The van der Waals surface area contributed by atoms with Gasteiger partial charge < -0.3 is 5.11 Å². The number of rotatable bonds is 2. The van der Waals surface area contributed by atoms with Gasteiger partial charge in [0.2, 0.25) is 0 Å². The van der Waals surface area contributed by atoms with Crippen LogP contribution < -0.4 is 0 Å². The molecule has 0 aliphatic heterocycles. The summed E-state index contributed by atoms with van der Waals surface area (Å²) in [6.45, 7) is 0. The highest BCUT2D eigenvalue weighted by Gasteiger charge is 2.45. The van der Waals surface area contributed by atoms with E-state index >= 15 is 0 Å². The van der Waals surface area contributed by atoms with Crippen LogP contribution in [0.25, 0.3) is 11.1 Å². The molecule has 0 spiro atoms. The maximum Gasteiger partial charge on any atom is 0.169 e. The van der Waals surface area contributed by atoms with Gasteiger partial charge in [0, 0.05) is 17.5 Å². The summed E-state index contributed by atoms with van der Waals surface area (Å²) in [5.41, 5.74) is 2.99. The zero-order valence-electron chi connectivity index (χ0n) is 11.5. The average molecular weight is 297 g/mol. The molecule has 2 unspecified atom stereocenters. The molecule has 3 nitrogen and oxygen atoms in total. The van der Waals surface area contributed by atoms with Gasteiger partial charge in [-0.15, -0.1) is 11.3 Å². The van der Waals surface area contributed by atoms with Crippen molar-refractivity contribution >= 4 is 28.3 Å². The highest BCUT2D eigenvalue weighted by atomic mass is 32.1. The molecule has 1 saturated carbocycles. The van der Waals surface area contributed by atoms with Crippen molar-refractivity contribution in [1.82, 2.24) is 4.98 Å². The Labute approximate surface area is 127 Å². The van der Waals surface area contributed by atoms with E-state index in [0.717, 1.165) is 41.0 Å². The average Bonchev–Trinajstić information content (AvgIpc) is 3.19. The first kappa shape index (κ1) is 12.8. The van der Waals surface area contributed by atoms with E-state index in [4.69, 9.17) is 0 Å². The lowest BCUT2D eigenvalue weighted by atomic mass is 9.90. The second kappa shape index (κ2) is 4.81. The van der Waals surface area contributed by atoms with Gasteiger partial charge >= 0.3 is 0 Å². The van der Waals surface area contributed by atoms with E-state index in [2.05, 4.69) is 4.98 Å². The molecule has 0 amide bonds. The van der Waals surface area contributed by atoms with Gasteiger partial charge in [-0.3, -0.25) is 4.79 Å². The predicted molar refractivity (Wildman–Crippen MR) is 82.9 cm³/mol. The van der Waals surface area contributed by atoms with Gasteiger partial charge in [0.15, 0.2) is 5.78 Å². The maximum atomic E-state index is 12.8. The van der Waals surface area contributed by atoms with E-state index in [9.17, 15) is 9.90 Å². The van der Waals surface area contributed by atoms with Crippen LogP contribution in [0.5, 0.6) is 5.75 Å². The van der Waals surface area contributed by atoms with Gasteiger partial charge in [0.25, 0.3) is 0 Å². The zero-order valence-corrected chi connectivity index (χ0v) is 12.3. The molecular formula is C17H15NO2S. The topological polar surface area (TPSA) is 50.2 Å². The summed E-state index contributed by atoms with van der Waals surface area (Å²) in [4.78, 5) is 17.2. The van der Waals surface area contributed by atoms with Gasteiger partial charge in [-0.25, -0.2) is 4.98 Å². The first-order valence-corrected chi connectivity index (χ1v) is 8.11. The van der Waals surface area contributed by atoms with Crippen molar-refractivity contribution in [3.63, 3.8) is 0 Å². The molecule has 0 saturated heterocycles. The number of hydrogen-bond acceptors (Lipinski definition) is 4. The minimum atomic E-state index is 0.132. The summed E-state index contributed by atoms with van der Waals surface area (Å²) in [6, 6.07) is 7.20. The molecule has 1 N–H and O–H groups in total. The highest BCUT2D eigenvalue weighted by molar-refractivity contribution is 7.11. The monoisotopic (exact) mass is 297 g/mol. The summed E-state index contributed by atoms with van der Waals surface area (Å²) >= 11 is 1.52. The molecule has 1 fully saturated rings. The van der Waals surface area contributed by atoms with Crippen LogP contribution in [-0.4, -0.2) is 15.9 Å². The molecule has 1 heterocycles. The Morgan fingerprint density at radius 1 is 1.14 bits per heavy atom. The Kier molecular flexibility index (Phi) is 2.93. The normalized spacial score (nSPS) is 24.7. The Morgan fingerprint density at radius 3 is 2.62 bits per heavy atom. The van der Waals surface area contributed by atoms with Crippen molar-refractivity contribution in [1.29, 1.82) is 0 Å². The van der Waals surface area contributed by atoms with Crippen molar-refractivity contribution in [2.24, 2.45) is 11.8 Å². The summed E-state index contributed by atoms with van der Waals surface area (Å²) in [5.74, 6) is 0.964.